The Balaban J connectivity index is 1.35. The first-order valence-corrected chi connectivity index (χ1v) is 11.6. The van der Waals surface area contributed by atoms with Crippen molar-refractivity contribution in [3.63, 3.8) is 0 Å². The summed E-state index contributed by atoms with van der Waals surface area (Å²) in [5, 5.41) is 3.70. The number of ketones is 1. The number of carbonyl (C=O) groups is 2. The van der Waals surface area contributed by atoms with Crippen molar-refractivity contribution < 1.29 is 18.4 Å². The van der Waals surface area contributed by atoms with E-state index in [1.54, 1.807) is 0 Å². The van der Waals surface area contributed by atoms with E-state index in [1.165, 1.54) is 6.07 Å². The third kappa shape index (κ3) is 4.75. The minimum atomic E-state index is -0.932. The Morgan fingerprint density at radius 2 is 1.72 bits per heavy atom. The zero-order chi connectivity index (χ0) is 22.8. The molecule has 7 nitrogen and oxygen atoms in total. The van der Waals surface area contributed by atoms with Crippen LogP contribution >= 0.6 is 11.3 Å². The number of likely N-dealkylation sites (tertiary alicyclic amines) is 2. The van der Waals surface area contributed by atoms with E-state index in [0.717, 1.165) is 62.2 Å². The summed E-state index contributed by atoms with van der Waals surface area (Å²) in [7, 11) is 2.08. The minimum absolute atomic E-state index is 0.00591. The molecular formula is C22H27F2N5O2S. The fourth-order valence-electron chi connectivity index (χ4n) is 4.32. The first-order chi connectivity index (χ1) is 15.3. The molecule has 0 bridgehead atoms. The molecule has 0 saturated carbocycles. The average molecular weight is 464 g/mol. The lowest BCUT2D eigenvalue weighted by atomic mass is 9.94. The molecule has 4 rings (SSSR count). The zero-order valence-corrected chi connectivity index (χ0v) is 18.8. The minimum Gasteiger partial charge on any atom is -0.382 e. The second-order valence-electron chi connectivity index (χ2n) is 8.48. The summed E-state index contributed by atoms with van der Waals surface area (Å²) >= 11 is 0.988. The second kappa shape index (κ2) is 9.50. The van der Waals surface area contributed by atoms with Gasteiger partial charge < -0.3 is 20.9 Å². The molecule has 0 unspecified atom stereocenters. The number of hydrogen-bond acceptors (Lipinski definition) is 7. The number of nitrogen functional groups attached to an aromatic ring is 1. The van der Waals surface area contributed by atoms with E-state index < -0.39 is 23.0 Å². The highest BCUT2D eigenvalue weighted by Crippen LogP contribution is 2.31. The highest BCUT2D eigenvalue weighted by atomic mass is 32.1. The molecule has 2 aliphatic heterocycles. The first-order valence-electron chi connectivity index (χ1n) is 10.8. The molecule has 2 aromatic rings. The van der Waals surface area contributed by atoms with Gasteiger partial charge in [-0.2, -0.15) is 0 Å². The van der Waals surface area contributed by atoms with E-state index in [2.05, 4.69) is 22.2 Å². The average Bonchev–Trinajstić information content (AvgIpc) is 3.14. The van der Waals surface area contributed by atoms with Crippen LogP contribution in [-0.4, -0.2) is 65.7 Å². The molecule has 32 heavy (non-hydrogen) atoms. The van der Waals surface area contributed by atoms with Crippen molar-refractivity contribution in [1.82, 2.24) is 14.8 Å². The van der Waals surface area contributed by atoms with E-state index in [9.17, 15) is 18.4 Å². The van der Waals surface area contributed by atoms with Crippen LogP contribution in [0.15, 0.2) is 18.2 Å². The summed E-state index contributed by atoms with van der Waals surface area (Å²) in [6.07, 6.45) is 3.32. The standard InChI is InChI=1S/C22H27F2N5O2S/c1-28-9-5-13(6-10-28)21(31)29-11-7-14(8-12-29)26-22-27-20(25)19(32-22)18(30)17-15(23)3-2-4-16(17)24/h2-4,13-14H,5-12,25H2,1H3,(H,26,27). The van der Waals surface area contributed by atoms with Gasteiger partial charge in [0.1, 0.15) is 22.3 Å². The van der Waals surface area contributed by atoms with Crippen LogP contribution in [0.5, 0.6) is 0 Å². The maximum absolute atomic E-state index is 14.0. The van der Waals surface area contributed by atoms with Crippen molar-refractivity contribution in [1.29, 1.82) is 0 Å². The largest absolute Gasteiger partial charge is 0.382 e. The number of rotatable bonds is 5. The molecule has 2 saturated heterocycles. The molecule has 1 aromatic carbocycles. The topological polar surface area (TPSA) is 91.6 Å². The van der Waals surface area contributed by atoms with E-state index in [1.807, 2.05) is 4.90 Å². The van der Waals surface area contributed by atoms with Crippen LogP contribution < -0.4 is 11.1 Å². The van der Waals surface area contributed by atoms with Crippen LogP contribution in [0, 0.1) is 17.6 Å². The highest BCUT2D eigenvalue weighted by molar-refractivity contribution is 7.18. The number of halogens is 2. The molecule has 0 radical (unpaired) electrons. The van der Waals surface area contributed by atoms with Crippen molar-refractivity contribution in [3.05, 3.63) is 40.3 Å². The monoisotopic (exact) mass is 463 g/mol. The molecule has 10 heteroatoms. The zero-order valence-electron chi connectivity index (χ0n) is 17.9. The molecule has 0 aliphatic carbocycles. The lowest BCUT2D eigenvalue weighted by Gasteiger charge is -2.36. The van der Waals surface area contributed by atoms with Crippen molar-refractivity contribution in [2.24, 2.45) is 5.92 Å². The molecule has 2 aliphatic rings. The number of hydrogen-bond donors (Lipinski definition) is 2. The maximum atomic E-state index is 14.0. The number of nitrogens with one attached hydrogen (secondary N) is 1. The summed E-state index contributed by atoms with van der Waals surface area (Å²) in [5.74, 6) is -2.38. The fourth-order valence-corrected chi connectivity index (χ4v) is 5.23. The summed E-state index contributed by atoms with van der Waals surface area (Å²) in [5.41, 5.74) is 5.25. The molecule has 2 fully saturated rings. The highest BCUT2D eigenvalue weighted by Gasteiger charge is 2.31. The number of amides is 1. The van der Waals surface area contributed by atoms with Gasteiger partial charge in [0, 0.05) is 25.0 Å². The number of aromatic nitrogens is 1. The van der Waals surface area contributed by atoms with Gasteiger partial charge in [0.2, 0.25) is 11.7 Å². The Kier molecular flexibility index (Phi) is 6.71. The summed E-state index contributed by atoms with van der Waals surface area (Å²) in [4.78, 5) is 33.8. The van der Waals surface area contributed by atoms with Gasteiger partial charge in [0.25, 0.3) is 0 Å². The molecule has 1 amide bonds. The predicted octanol–water partition coefficient (Wildman–Crippen LogP) is 2.98. The van der Waals surface area contributed by atoms with Crippen molar-refractivity contribution >= 4 is 34.0 Å². The molecule has 172 valence electrons. The Labute approximate surface area is 189 Å². The summed E-state index contributed by atoms with van der Waals surface area (Å²) in [6, 6.07) is 3.35. The number of anilines is 2. The van der Waals surface area contributed by atoms with E-state index in [-0.39, 0.29) is 28.6 Å². The van der Waals surface area contributed by atoms with Gasteiger partial charge in [0.15, 0.2) is 5.13 Å². The second-order valence-corrected chi connectivity index (χ2v) is 9.48. The summed E-state index contributed by atoms with van der Waals surface area (Å²) in [6.45, 7) is 3.24. The van der Waals surface area contributed by atoms with Crippen LogP contribution in [-0.2, 0) is 4.79 Å². The Bertz CT molecular complexity index is 978. The number of nitrogens with two attached hydrogens (primary N) is 1. The van der Waals surface area contributed by atoms with Gasteiger partial charge in [-0.25, -0.2) is 13.8 Å². The van der Waals surface area contributed by atoms with Gasteiger partial charge >= 0.3 is 0 Å². The number of piperidine rings is 2. The van der Waals surface area contributed by atoms with Gasteiger partial charge in [0.05, 0.1) is 5.56 Å². The number of thiazole rings is 1. The van der Waals surface area contributed by atoms with Crippen LogP contribution in [0.3, 0.4) is 0 Å². The normalized spacial score (nSPS) is 18.7. The van der Waals surface area contributed by atoms with Gasteiger partial charge in [-0.3, -0.25) is 9.59 Å². The first kappa shape index (κ1) is 22.6. The SMILES string of the molecule is CN1CCC(C(=O)N2CCC(Nc3nc(N)c(C(=O)c4c(F)cccc4F)s3)CC2)CC1. The lowest BCUT2D eigenvalue weighted by Crippen LogP contribution is -2.46. The van der Waals surface area contributed by atoms with Crippen LogP contribution in [0.4, 0.5) is 19.7 Å². The summed E-state index contributed by atoms with van der Waals surface area (Å²) < 4.78 is 28.0. The van der Waals surface area contributed by atoms with Gasteiger partial charge in [-0.1, -0.05) is 17.4 Å². The van der Waals surface area contributed by atoms with Crippen LogP contribution in [0.2, 0.25) is 0 Å². The Morgan fingerprint density at radius 1 is 1.09 bits per heavy atom. The van der Waals surface area contributed by atoms with Crippen molar-refractivity contribution in [3.8, 4) is 0 Å². The van der Waals surface area contributed by atoms with E-state index in [0.29, 0.717) is 18.2 Å². The Morgan fingerprint density at radius 3 is 2.34 bits per heavy atom. The maximum Gasteiger partial charge on any atom is 0.225 e. The van der Waals surface area contributed by atoms with Crippen molar-refractivity contribution in [2.45, 2.75) is 31.7 Å². The molecule has 3 heterocycles. The van der Waals surface area contributed by atoms with Crippen molar-refractivity contribution in [2.75, 3.05) is 44.3 Å². The third-order valence-corrected chi connectivity index (χ3v) is 7.25. The molecule has 1 aromatic heterocycles. The van der Waals surface area contributed by atoms with Gasteiger partial charge in [-0.05, 0) is 58.0 Å². The lowest BCUT2D eigenvalue weighted by molar-refractivity contribution is -0.137. The number of benzene rings is 1. The molecule has 0 spiro atoms. The smallest absolute Gasteiger partial charge is 0.225 e. The van der Waals surface area contributed by atoms with Gasteiger partial charge in [-0.15, -0.1) is 0 Å². The molecule has 3 N–H and O–H groups in total. The molecular weight excluding hydrogens is 436 g/mol. The number of nitrogens with zero attached hydrogens (tertiary/aromatic N) is 3. The van der Waals surface area contributed by atoms with E-state index in [4.69, 9.17) is 5.73 Å². The molecule has 0 atom stereocenters. The van der Waals surface area contributed by atoms with E-state index >= 15 is 0 Å². The Hall–Kier alpha value is -2.59. The van der Waals surface area contributed by atoms with Crippen LogP contribution in [0.25, 0.3) is 0 Å². The quantitative estimate of drug-likeness (QED) is 0.663. The third-order valence-electron chi connectivity index (χ3n) is 6.25. The fraction of sp³-hybridized carbons (Fsp3) is 0.500. The van der Waals surface area contributed by atoms with Crippen LogP contribution in [0.1, 0.15) is 40.9 Å². The predicted molar refractivity (Wildman–Crippen MR) is 120 cm³/mol. The number of carbonyl (C=O) groups excluding carboxylic acids is 2.